The van der Waals surface area contributed by atoms with Crippen molar-refractivity contribution in [2.75, 3.05) is 5.32 Å². The van der Waals surface area contributed by atoms with Gasteiger partial charge in [-0.2, -0.15) is 5.10 Å². The van der Waals surface area contributed by atoms with Crippen LogP contribution >= 0.6 is 0 Å². The van der Waals surface area contributed by atoms with E-state index in [9.17, 15) is 14.4 Å². The normalized spacial score (nSPS) is 11.6. The van der Waals surface area contributed by atoms with Gasteiger partial charge in [-0.15, -0.1) is 0 Å². The topological polar surface area (TPSA) is 94.0 Å². The Balaban J connectivity index is 1.45. The molecule has 7 heteroatoms. The SMILES string of the molecule is CC(C)(C)C(=O)Nc1ccc2nc(/C=C/C(=O)c3ccc(C(=O)n4cccn4)cc3)ccc2c1. The maximum Gasteiger partial charge on any atom is 0.278 e. The number of benzene rings is 2. The highest BCUT2D eigenvalue weighted by molar-refractivity contribution is 6.07. The van der Waals surface area contributed by atoms with Crippen molar-refractivity contribution in [1.29, 1.82) is 0 Å². The van der Waals surface area contributed by atoms with Crippen molar-refractivity contribution >= 4 is 40.3 Å². The van der Waals surface area contributed by atoms with Gasteiger partial charge in [-0.1, -0.05) is 39.0 Å². The molecule has 4 aromatic rings. The van der Waals surface area contributed by atoms with E-state index < -0.39 is 5.41 Å². The van der Waals surface area contributed by atoms with Gasteiger partial charge in [0.15, 0.2) is 5.78 Å². The molecule has 4 rings (SSSR count). The average Bonchev–Trinajstić information content (AvgIpc) is 3.36. The average molecular weight is 453 g/mol. The second kappa shape index (κ2) is 9.23. The van der Waals surface area contributed by atoms with Crippen molar-refractivity contribution in [3.05, 3.63) is 96.0 Å². The van der Waals surface area contributed by atoms with E-state index >= 15 is 0 Å². The molecule has 34 heavy (non-hydrogen) atoms. The number of hydrogen-bond acceptors (Lipinski definition) is 5. The Morgan fingerprint density at radius 1 is 0.941 bits per heavy atom. The third kappa shape index (κ3) is 5.15. The minimum Gasteiger partial charge on any atom is -0.326 e. The van der Waals surface area contributed by atoms with Gasteiger partial charge in [0.1, 0.15) is 0 Å². The van der Waals surface area contributed by atoms with Gasteiger partial charge in [0.05, 0.1) is 11.2 Å². The van der Waals surface area contributed by atoms with Gasteiger partial charge < -0.3 is 5.32 Å². The van der Waals surface area contributed by atoms with Crippen LogP contribution in [-0.4, -0.2) is 32.4 Å². The third-order valence-electron chi connectivity index (χ3n) is 5.18. The molecule has 1 N–H and O–H groups in total. The van der Waals surface area contributed by atoms with Crippen LogP contribution < -0.4 is 5.32 Å². The second-order valence-corrected chi connectivity index (χ2v) is 8.88. The number of pyridine rings is 1. The van der Waals surface area contributed by atoms with Crippen LogP contribution in [0.25, 0.3) is 17.0 Å². The smallest absolute Gasteiger partial charge is 0.278 e. The molecule has 0 spiro atoms. The Hall–Kier alpha value is -4.39. The number of hydrogen-bond donors (Lipinski definition) is 1. The first-order valence-electron chi connectivity index (χ1n) is 10.8. The van der Waals surface area contributed by atoms with Crippen LogP contribution in [0.3, 0.4) is 0 Å². The van der Waals surface area contributed by atoms with Crippen LogP contribution in [0, 0.1) is 5.41 Å². The lowest BCUT2D eigenvalue weighted by Gasteiger charge is -2.17. The number of amides is 1. The summed E-state index contributed by atoms with van der Waals surface area (Å²) in [5, 5.41) is 7.72. The summed E-state index contributed by atoms with van der Waals surface area (Å²) in [5.41, 5.74) is 2.53. The zero-order valence-electron chi connectivity index (χ0n) is 19.1. The molecule has 170 valence electrons. The molecule has 0 bridgehead atoms. The summed E-state index contributed by atoms with van der Waals surface area (Å²) in [7, 11) is 0. The molecular formula is C27H24N4O3. The standard InChI is InChI=1S/C27H24N4O3/c1-27(2,3)26(34)30-22-11-13-23-20(17-22)9-10-21(29-23)12-14-24(32)18-5-7-19(8-6-18)25(33)31-16-4-15-28-31/h4-17H,1-3H3,(H,30,34)/b14-12+. The summed E-state index contributed by atoms with van der Waals surface area (Å²) in [6.45, 7) is 5.58. The van der Waals surface area contributed by atoms with Crippen molar-refractivity contribution in [3.63, 3.8) is 0 Å². The van der Waals surface area contributed by atoms with Crippen LogP contribution in [0.1, 0.15) is 47.2 Å². The lowest BCUT2D eigenvalue weighted by atomic mass is 9.95. The number of fused-ring (bicyclic) bond motifs is 1. The van der Waals surface area contributed by atoms with E-state index in [-0.39, 0.29) is 17.6 Å². The molecule has 0 aliphatic rings. The Labute approximate surface area is 197 Å². The number of aromatic nitrogens is 3. The van der Waals surface area contributed by atoms with Crippen molar-refractivity contribution < 1.29 is 14.4 Å². The van der Waals surface area contributed by atoms with Crippen molar-refractivity contribution in [1.82, 2.24) is 14.8 Å². The molecule has 0 aliphatic carbocycles. The van der Waals surface area contributed by atoms with Crippen LogP contribution in [0.4, 0.5) is 5.69 Å². The van der Waals surface area contributed by atoms with E-state index in [0.717, 1.165) is 10.9 Å². The zero-order valence-corrected chi connectivity index (χ0v) is 19.1. The van der Waals surface area contributed by atoms with Gasteiger partial charge in [0.25, 0.3) is 5.91 Å². The fourth-order valence-electron chi connectivity index (χ4n) is 3.19. The number of allylic oxidation sites excluding steroid dienone is 1. The highest BCUT2D eigenvalue weighted by Gasteiger charge is 2.21. The Kier molecular flexibility index (Phi) is 6.19. The van der Waals surface area contributed by atoms with Gasteiger partial charge in [0.2, 0.25) is 5.91 Å². The van der Waals surface area contributed by atoms with Crippen LogP contribution in [-0.2, 0) is 4.79 Å². The first kappa shape index (κ1) is 22.8. The van der Waals surface area contributed by atoms with Crippen molar-refractivity contribution in [2.45, 2.75) is 20.8 Å². The monoisotopic (exact) mass is 452 g/mol. The van der Waals surface area contributed by atoms with E-state index in [4.69, 9.17) is 0 Å². The molecule has 0 saturated carbocycles. The summed E-state index contributed by atoms with van der Waals surface area (Å²) in [6.07, 6.45) is 6.21. The molecule has 1 amide bonds. The fourth-order valence-corrected chi connectivity index (χ4v) is 3.19. The molecule has 0 aliphatic heterocycles. The fraction of sp³-hybridized carbons (Fsp3) is 0.148. The molecule has 2 heterocycles. The van der Waals surface area contributed by atoms with Gasteiger partial charge >= 0.3 is 0 Å². The largest absolute Gasteiger partial charge is 0.326 e. The number of anilines is 1. The lowest BCUT2D eigenvalue weighted by Crippen LogP contribution is -2.27. The van der Waals surface area contributed by atoms with Gasteiger partial charge in [-0.3, -0.25) is 14.4 Å². The van der Waals surface area contributed by atoms with E-state index in [0.29, 0.717) is 22.5 Å². The highest BCUT2D eigenvalue weighted by Crippen LogP contribution is 2.22. The quantitative estimate of drug-likeness (QED) is 0.340. The maximum atomic E-state index is 12.6. The minimum atomic E-state index is -0.482. The highest BCUT2D eigenvalue weighted by atomic mass is 16.2. The number of rotatable bonds is 5. The van der Waals surface area contributed by atoms with Gasteiger partial charge in [0, 0.05) is 40.0 Å². The molecule has 7 nitrogen and oxygen atoms in total. The Morgan fingerprint density at radius 3 is 2.35 bits per heavy atom. The minimum absolute atomic E-state index is 0.0586. The predicted molar refractivity (Wildman–Crippen MR) is 132 cm³/mol. The van der Waals surface area contributed by atoms with Crippen LogP contribution in [0.15, 0.2) is 79.1 Å². The molecule has 0 atom stereocenters. The summed E-state index contributed by atoms with van der Waals surface area (Å²) in [5.74, 6) is -0.516. The summed E-state index contributed by atoms with van der Waals surface area (Å²) in [4.78, 5) is 41.6. The first-order chi connectivity index (χ1) is 16.2. The first-order valence-corrected chi connectivity index (χ1v) is 10.8. The van der Waals surface area contributed by atoms with Crippen molar-refractivity contribution in [2.24, 2.45) is 5.41 Å². The Morgan fingerprint density at radius 2 is 1.68 bits per heavy atom. The molecule has 0 unspecified atom stereocenters. The number of carbonyl (C=O) groups is 3. The zero-order chi connectivity index (χ0) is 24.3. The molecule has 0 radical (unpaired) electrons. The number of nitrogens with one attached hydrogen (secondary N) is 1. The third-order valence-corrected chi connectivity index (χ3v) is 5.18. The second-order valence-electron chi connectivity index (χ2n) is 8.88. The Bertz CT molecular complexity index is 1400. The predicted octanol–water partition coefficient (Wildman–Crippen LogP) is 5.00. The molecule has 0 saturated heterocycles. The van der Waals surface area contributed by atoms with Gasteiger partial charge in [-0.25, -0.2) is 9.67 Å². The number of nitrogens with zero attached hydrogens (tertiary/aromatic N) is 3. The van der Waals surface area contributed by atoms with E-state index in [2.05, 4.69) is 15.4 Å². The lowest BCUT2D eigenvalue weighted by molar-refractivity contribution is -0.123. The molecule has 2 aromatic carbocycles. The van der Waals surface area contributed by atoms with E-state index in [1.165, 1.54) is 17.0 Å². The molecular weight excluding hydrogens is 428 g/mol. The number of carbonyl (C=O) groups excluding carboxylic acids is 3. The van der Waals surface area contributed by atoms with Gasteiger partial charge in [-0.05, 0) is 54.6 Å². The van der Waals surface area contributed by atoms with Crippen LogP contribution in [0.5, 0.6) is 0 Å². The van der Waals surface area contributed by atoms with E-state index in [1.54, 1.807) is 42.6 Å². The van der Waals surface area contributed by atoms with E-state index in [1.807, 2.05) is 51.1 Å². The van der Waals surface area contributed by atoms with Crippen molar-refractivity contribution in [3.8, 4) is 0 Å². The summed E-state index contributed by atoms with van der Waals surface area (Å²) >= 11 is 0. The van der Waals surface area contributed by atoms with Crippen LogP contribution in [0.2, 0.25) is 0 Å². The summed E-state index contributed by atoms with van der Waals surface area (Å²) in [6, 6.07) is 17.3. The maximum absolute atomic E-state index is 12.6. The number of ketones is 1. The summed E-state index contributed by atoms with van der Waals surface area (Å²) < 4.78 is 1.24. The molecule has 0 fully saturated rings. The molecule has 2 aromatic heterocycles.